The molecule has 0 saturated carbocycles. The van der Waals surface area contributed by atoms with E-state index in [1.54, 1.807) is 0 Å². The molecule has 0 bridgehead atoms. The molecule has 0 rings (SSSR count). The molecule has 0 radical (unpaired) electrons. The lowest BCUT2D eigenvalue weighted by molar-refractivity contribution is -0.143. The molecule has 0 aromatic carbocycles. The van der Waals surface area contributed by atoms with Crippen molar-refractivity contribution in [3.63, 3.8) is 0 Å². The second-order valence-electron chi connectivity index (χ2n) is 19.6. The first kappa shape index (κ1) is 61.6. The summed E-state index contributed by atoms with van der Waals surface area (Å²) in [6.07, 6.45) is 61.9. The van der Waals surface area contributed by atoms with Gasteiger partial charge in [-0.2, -0.15) is 0 Å². The molecule has 2 atom stereocenters. The molecule has 3 N–H and O–H groups in total. The van der Waals surface area contributed by atoms with Crippen LogP contribution in [0.1, 0.15) is 316 Å². The van der Waals surface area contributed by atoms with E-state index in [9.17, 15) is 19.8 Å². The maximum atomic E-state index is 12.5. The standard InChI is InChI=1S/C57H111NO5/c1-3-5-7-9-11-13-15-17-18-20-23-26-29-33-37-41-45-49-55(60)54(53-59)58-56(61)50-46-42-38-34-30-27-24-21-19-22-25-28-32-36-40-44-48-52-63-57(62)51-47-43-39-35-31-16-14-12-10-8-6-4-2/h12,14,54-55,59-60H,3-11,13,15-53H2,1-2H3,(H,58,61)/b14-12-. The molecular weight excluding hydrogens is 779 g/mol. The molecule has 0 aliphatic carbocycles. The van der Waals surface area contributed by atoms with Crippen LogP contribution in [0.3, 0.4) is 0 Å². The summed E-state index contributed by atoms with van der Waals surface area (Å²) >= 11 is 0. The monoisotopic (exact) mass is 890 g/mol. The van der Waals surface area contributed by atoms with Crippen LogP contribution in [-0.4, -0.2) is 47.4 Å². The third kappa shape index (κ3) is 49.9. The van der Waals surface area contributed by atoms with Crippen molar-refractivity contribution in [1.82, 2.24) is 5.32 Å². The minimum absolute atomic E-state index is 0.00415. The fourth-order valence-electron chi connectivity index (χ4n) is 8.93. The lowest BCUT2D eigenvalue weighted by Gasteiger charge is -2.22. The Morgan fingerprint density at radius 3 is 1.16 bits per heavy atom. The number of carbonyl (C=O) groups excluding carboxylic acids is 2. The van der Waals surface area contributed by atoms with Crippen molar-refractivity contribution in [2.75, 3.05) is 13.2 Å². The molecule has 0 fully saturated rings. The zero-order chi connectivity index (χ0) is 45.8. The highest BCUT2D eigenvalue weighted by Gasteiger charge is 2.20. The Morgan fingerprint density at radius 1 is 0.429 bits per heavy atom. The summed E-state index contributed by atoms with van der Waals surface area (Å²) in [5, 5.41) is 23.3. The number of rotatable bonds is 53. The number of hydrogen-bond donors (Lipinski definition) is 3. The molecule has 63 heavy (non-hydrogen) atoms. The molecule has 0 saturated heterocycles. The summed E-state index contributed by atoms with van der Waals surface area (Å²) in [5.41, 5.74) is 0. The molecular formula is C57H111NO5. The predicted octanol–water partition coefficient (Wildman–Crippen LogP) is 17.3. The summed E-state index contributed by atoms with van der Waals surface area (Å²) < 4.78 is 5.46. The van der Waals surface area contributed by atoms with Crippen molar-refractivity contribution in [3.8, 4) is 0 Å². The lowest BCUT2D eigenvalue weighted by atomic mass is 10.0. The Balaban J connectivity index is 3.42. The summed E-state index contributed by atoms with van der Waals surface area (Å²) in [6.45, 7) is 4.93. The molecule has 0 heterocycles. The van der Waals surface area contributed by atoms with Gasteiger partial charge in [-0.15, -0.1) is 0 Å². The number of allylic oxidation sites excluding steroid dienone is 2. The Hall–Kier alpha value is -1.40. The van der Waals surface area contributed by atoms with Crippen molar-refractivity contribution in [2.45, 2.75) is 328 Å². The number of carbonyl (C=O) groups is 2. The normalized spacial score (nSPS) is 12.6. The lowest BCUT2D eigenvalue weighted by Crippen LogP contribution is -2.45. The molecule has 374 valence electrons. The Kier molecular flexibility index (Phi) is 52.0. The summed E-state index contributed by atoms with van der Waals surface area (Å²) in [4.78, 5) is 24.5. The van der Waals surface area contributed by atoms with E-state index in [1.807, 2.05) is 0 Å². The van der Waals surface area contributed by atoms with Crippen LogP contribution in [-0.2, 0) is 14.3 Å². The first-order chi connectivity index (χ1) is 31.0. The largest absolute Gasteiger partial charge is 0.466 e. The summed E-state index contributed by atoms with van der Waals surface area (Å²) in [5.74, 6) is -0.0422. The van der Waals surface area contributed by atoms with E-state index in [2.05, 4.69) is 31.3 Å². The third-order valence-electron chi connectivity index (χ3n) is 13.3. The van der Waals surface area contributed by atoms with Crippen LogP contribution in [0.25, 0.3) is 0 Å². The zero-order valence-electron chi connectivity index (χ0n) is 42.6. The van der Waals surface area contributed by atoms with Crippen molar-refractivity contribution in [3.05, 3.63) is 12.2 Å². The molecule has 0 aromatic heterocycles. The molecule has 2 unspecified atom stereocenters. The average molecular weight is 891 g/mol. The van der Waals surface area contributed by atoms with Crippen LogP contribution in [0.5, 0.6) is 0 Å². The van der Waals surface area contributed by atoms with Crippen molar-refractivity contribution in [1.29, 1.82) is 0 Å². The van der Waals surface area contributed by atoms with Crippen LogP contribution in [0.4, 0.5) is 0 Å². The molecule has 6 heteroatoms. The zero-order valence-corrected chi connectivity index (χ0v) is 42.6. The number of nitrogens with one attached hydrogen (secondary N) is 1. The van der Waals surface area contributed by atoms with Gasteiger partial charge in [-0.05, 0) is 51.4 Å². The van der Waals surface area contributed by atoms with Gasteiger partial charge in [0.25, 0.3) is 0 Å². The van der Waals surface area contributed by atoms with Crippen molar-refractivity contribution in [2.24, 2.45) is 0 Å². The van der Waals surface area contributed by atoms with Crippen molar-refractivity contribution < 1.29 is 24.5 Å². The minimum Gasteiger partial charge on any atom is -0.466 e. The predicted molar refractivity (Wildman–Crippen MR) is 273 cm³/mol. The number of esters is 1. The maximum Gasteiger partial charge on any atom is 0.305 e. The molecule has 1 amide bonds. The second-order valence-corrected chi connectivity index (χ2v) is 19.6. The van der Waals surface area contributed by atoms with Crippen molar-refractivity contribution >= 4 is 11.9 Å². The van der Waals surface area contributed by atoms with Gasteiger partial charge < -0.3 is 20.3 Å². The number of unbranched alkanes of at least 4 members (excludes halogenated alkanes) is 40. The van der Waals surface area contributed by atoms with Gasteiger partial charge in [0.15, 0.2) is 0 Å². The molecule has 0 spiro atoms. The quantitative estimate of drug-likeness (QED) is 0.0321. The van der Waals surface area contributed by atoms with Gasteiger partial charge in [-0.25, -0.2) is 0 Å². The molecule has 0 aromatic rings. The van der Waals surface area contributed by atoms with E-state index in [4.69, 9.17) is 4.74 Å². The Labute approximate surface area is 393 Å². The van der Waals surface area contributed by atoms with Crippen LogP contribution < -0.4 is 5.32 Å². The number of ether oxygens (including phenoxy) is 1. The molecule has 0 aliphatic heterocycles. The van der Waals surface area contributed by atoms with Gasteiger partial charge in [0, 0.05) is 12.8 Å². The third-order valence-corrected chi connectivity index (χ3v) is 13.3. The summed E-state index contributed by atoms with van der Waals surface area (Å²) in [6, 6.07) is -0.545. The highest BCUT2D eigenvalue weighted by Crippen LogP contribution is 2.17. The van der Waals surface area contributed by atoms with Crippen LogP contribution >= 0.6 is 0 Å². The molecule has 6 nitrogen and oxygen atoms in total. The van der Waals surface area contributed by atoms with E-state index in [1.165, 1.54) is 238 Å². The van der Waals surface area contributed by atoms with Gasteiger partial charge >= 0.3 is 5.97 Å². The van der Waals surface area contributed by atoms with Crippen LogP contribution in [0.15, 0.2) is 12.2 Å². The van der Waals surface area contributed by atoms with Gasteiger partial charge in [0.05, 0.1) is 25.4 Å². The topological polar surface area (TPSA) is 95.9 Å². The Bertz CT molecular complexity index is 939. The van der Waals surface area contributed by atoms with E-state index in [0.717, 1.165) is 44.9 Å². The van der Waals surface area contributed by atoms with Gasteiger partial charge in [0.2, 0.25) is 5.91 Å². The first-order valence-electron chi connectivity index (χ1n) is 28.4. The number of hydrogen-bond acceptors (Lipinski definition) is 5. The minimum atomic E-state index is -0.667. The average Bonchev–Trinajstić information content (AvgIpc) is 3.28. The first-order valence-corrected chi connectivity index (χ1v) is 28.4. The van der Waals surface area contributed by atoms with Gasteiger partial charge in [-0.3, -0.25) is 9.59 Å². The molecule has 0 aliphatic rings. The van der Waals surface area contributed by atoms with E-state index < -0.39 is 12.1 Å². The van der Waals surface area contributed by atoms with Crippen LogP contribution in [0.2, 0.25) is 0 Å². The second kappa shape index (κ2) is 53.2. The fraction of sp³-hybridized carbons (Fsp3) is 0.930. The summed E-state index contributed by atoms with van der Waals surface area (Å²) in [7, 11) is 0. The number of amides is 1. The highest BCUT2D eigenvalue weighted by atomic mass is 16.5. The fourth-order valence-corrected chi connectivity index (χ4v) is 8.93. The van der Waals surface area contributed by atoms with Gasteiger partial charge in [-0.1, -0.05) is 264 Å². The SMILES string of the molecule is CCCCC/C=C\CCCCCCCC(=O)OCCCCCCCCCCCCCCCCCCCC(=O)NC(CO)C(O)CCCCCCCCCCCCCCCCCCC. The van der Waals surface area contributed by atoms with E-state index in [0.29, 0.717) is 25.9 Å². The van der Waals surface area contributed by atoms with E-state index in [-0.39, 0.29) is 18.5 Å². The maximum absolute atomic E-state index is 12.5. The number of aliphatic hydroxyl groups is 2. The Morgan fingerprint density at radius 2 is 0.746 bits per heavy atom. The van der Waals surface area contributed by atoms with Crippen LogP contribution in [0, 0.1) is 0 Å². The number of aliphatic hydroxyl groups excluding tert-OH is 2. The van der Waals surface area contributed by atoms with Gasteiger partial charge in [0.1, 0.15) is 0 Å². The van der Waals surface area contributed by atoms with E-state index >= 15 is 0 Å². The smallest absolute Gasteiger partial charge is 0.305 e. The highest BCUT2D eigenvalue weighted by molar-refractivity contribution is 5.76.